The molecule has 5 nitrogen and oxygen atoms in total. The zero-order chi connectivity index (χ0) is 18.2. The second kappa shape index (κ2) is 6.90. The van der Waals surface area contributed by atoms with Crippen molar-refractivity contribution >= 4 is 31.9 Å². The molecule has 0 atom stereocenters. The average Bonchev–Trinajstić information content (AvgIpc) is 3.40. The van der Waals surface area contributed by atoms with Gasteiger partial charge in [0.25, 0.3) is 0 Å². The number of hydrogen-bond acceptors (Lipinski definition) is 3. The summed E-state index contributed by atoms with van der Waals surface area (Å²) in [5.41, 5.74) is 1.40. The first-order valence-corrected chi connectivity index (χ1v) is 10.1. The summed E-state index contributed by atoms with van der Waals surface area (Å²) in [4.78, 5) is 11.4. The summed E-state index contributed by atoms with van der Waals surface area (Å²) in [5, 5.41) is 9.35. The van der Waals surface area contributed by atoms with E-state index in [1.165, 1.54) is 16.4 Å². The molecule has 0 amide bonds. The van der Waals surface area contributed by atoms with Crippen molar-refractivity contribution in [3.8, 4) is 0 Å². The van der Waals surface area contributed by atoms with Gasteiger partial charge < -0.3 is 5.11 Å². The standard InChI is InChI=1S/C18H18BrNO4S/c1-12-16(18(21)22)9-15(10-17(12)19)25(23,24)20(14-7-8-14)11-13-5-3-2-4-6-13/h2-6,9-10,14H,7-8,11H2,1H3,(H,21,22). The van der Waals surface area contributed by atoms with E-state index in [0.717, 1.165) is 18.4 Å². The van der Waals surface area contributed by atoms with Crippen LogP contribution in [0.15, 0.2) is 51.8 Å². The maximum Gasteiger partial charge on any atom is 0.336 e. The van der Waals surface area contributed by atoms with Crippen molar-refractivity contribution in [3.05, 3.63) is 63.6 Å². The van der Waals surface area contributed by atoms with Gasteiger partial charge in [0.15, 0.2) is 0 Å². The third-order valence-electron chi connectivity index (χ3n) is 4.29. The van der Waals surface area contributed by atoms with Crippen LogP contribution >= 0.6 is 15.9 Å². The number of carboxylic acid groups (broad SMARTS) is 1. The first-order chi connectivity index (χ1) is 11.8. The van der Waals surface area contributed by atoms with E-state index in [0.29, 0.717) is 10.0 Å². The molecular weight excluding hydrogens is 406 g/mol. The highest BCUT2D eigenvalue weighted by molar-refractivity contribution is 9.10. The second-order valence-electron chi connectivity index (χ2n) is 6.15. The number of carbonyl (C=O) groups is 1. The minimum atomic E-state index is -3.79. The molecule has 0 aliphatic heterocycles. The van der Waals surface area contributed by atoms with Gasteiger partial charge in [-0.1, -0.05) is 46.3 Å². The van der Waals surface area contributed by atoms with Crippen molar-refractivity contribution in [2.45, 2.75) is 37.2 Å². The highest BCUT2D eigenvalue weighted by Crippen LogP contribution is 2.35. The fourth-order valence-corrected chi connectivity index (χ4v) is 5.04. The van der Waals surface area contributed by atoms with Crippen LogP contribution in [0, 0.1) is 6.92 Å². The van der Waals surface area contributed by atoms with Crippen molar-refractivity contribution in [2.75, 3.05) is 0 Å². The molecule has 7 heteroatoms. The summed E-state index contributed by atoms with van der Waals surface area (Å²) < 4.78 is 28.3. The Morgan fingerprint density at radius 2 is 1.88 bits per heavy atom. The third kappa shape index (κ3) is 3.78. The molecule has 3 rings (SSSR count). The minimum absolute atomic E-state index is 0.00482. The fourth-order valence-electron chi connectivity index (χ4n) is 2.70. The lowest BCUT2D eigenvalue weighted by atomic mass is 10.1. The smallest absolute Gasteiger partial charge is 0.336 e. The van der Waals surface area contributed by atoms with E-state index >= 15 is 0 Å². The highest BCUT2D eigenvalue weighted by atomic mass is 79.9. The van der Waals surface area contributed by atoms with E-state index in [1.807, 2.05) is 30.3 Å². The van der Waals surface area contributed by atoms with Crippen LogP contribution in [0.25, 0.3) is 0 Å². The number of halogens is 1. The van der Waals surface area contributed by atoms with E-state index in [1.54, 1.807) is 6.92 Å². The Morgan fingerprint density at radius 3 is 2.44 bits per heavy atom. The van der Waals surface area contributed by atoms with Crippen molar-refractivity contribution in [3.63, 3.8) is 0 Å². The Labute approximate surface area is 155 Å². The van der Waals surface area contributed by atoms with Crippen molar-refractivity contribution in [2.24, 2.45) is 0 Å². The maximum absolute atomic E-state index is 13.2. The van der Waals surface area contributed by atoms with Gasteiger partial charge in [0.05, 0.1) is 10.5 Å². The summed E-state index contributed by atoms with van der Waals surface area (Å²) in [6.45, 7) is 1.92. The van der Waals surface area contributed by atoms with Crippen LogP contribution < -0.4 is 0 Å². The van der Waals surface area contributed by atoms with E-state index in [4.69, 9.17) is 0 Å². The van der Waals surface area contributed by atoms with Crippen molar-refractivity contribution in [1.82, 2.24) is 4.31 Å². The van der Waals surface area contributed by atoms with Crippen LogP contribution in [0.5, 0.6) is 0 Å². The molecule has 1 aliphatic carbocycles. The molecular formula is C18H18BrNO4S. The molecule has 1 fully saturated rings. The quantitative estimate of drug-likeness (QED) is 0.766. The number of nitrogens with zero attached hydrogens (tertiary/aromatic N) is 1. The zero-order valence-electron chi connectivity index (χ0n) is 13.6. The topological polar surface area (TPSA) is 74.7 Å². The number of aromatic carboxylic acids is 1. The summed E-state index contributed by atoms with van der Waals surface area (Å²) in [5.74, 6) is -1.14. The first-order valence-electron chi connectivity index (χ1n) is 7.90. The van der Waals surface area contributed by atoms with Gasteiger partial charge in [-0.05, 0) is 43.0 Å². The summed E-state index contributed by atoms with van der Waals surface area (Å²) in [7, 11) is -3.79. The van der Waals surface area contributed by atoms with Crippen LogP contribution in [0.3, 0.4) is 0 Å². The van der Waals surface area contributed by atoms with Gasteiger partial charge in [-0.3, -0.25) is 0 Å². The van der Waals surface area contributed by atoms with Gasteiger partial charge in [0.1, 0.15) is 0 Å². The monoisotopic (exact) mass is 423 g/mol. The van der Waals surface area contributed by atoms with E-state index in [-0.39, 0.29) is 23.0 Å². The van der Waals surface area contributed by atoms with Gasteiger partial charge in [0, 0.05) is 17.1 Å². The lowest BCUT2D eigenvalue weighted by molar-refractivity contribution is 0.0695. The van der Waals surface area contributed by atoms with Crippen LogP contribution in [0.2, 0.25) is 0 Å². The third-order valence-corrected chi connectivity index (χ3v) is 6.99. The number of rotatable bonds is 6. The highest BCUT2D eigenvalue weighted by Gasteiger charge is 2.38. The predicted octanol–water partition coefficient (Wildman–Crippen LogP) is 3.81. The molecule has 0 radical (unpaired) electrons. The van der Waals surface area contributed by atoms with E-state index in [9.17, 15) is 18.3 Å². The maximum atomic E-state index is 13.2. The molecule has 1 saturated carbocycles. The van der Waals surface area contributed by atoms with Gasteiger partial charge in [0.2, 0.25) is 10.0 Å². The largest absolute Gasteiger partial charge is 0.478 e. The second-order valence-corrected chi connectivity index (χ2v) is 8.89. The Morgan fingerprint density at radius 1 is 1.24 bits per heavy atom. The Balaban J connectivity index is 2.03. The van der Waals surface area contributed by atoms with Gasteiger partial charge in [-0.2, -0.15) is 4.31 Å². The Bertz CT molecular complexity index is 908. The molecule has 2 aromatic carbocycles. The summed E-state index contributed by atoms with van der Waals surface area (Å²) in [6.07, 6.45) is 1.65. The number of carboxylic acids is 1. The molecule has 0 aromatic heterocycles. The van der Waals surface area contributed by atoms with Crippen molar-refractivity contribution in [1.29, 1.82) is 0 Å². The average molecular weight is 424 g/mol. The molecule has 0 spiro atoms. The normalized spacial score (nSPS) is 14.7. The van der Waals surface area contributed by atoms with Crippen LogP contribution in [0.1, 0.15) is 34.3 Å². The Hall–Kier alpha value is -1.70. The molecule has 0 heterocycles. The molecule has 1 aliphatic rings. The van der Waals surface area contributed by atoms with E-state index in [2.05, 4.69) is 15.9 Å². The molecule has 0 saturated heterocycles. The lowest BCUT2D eigenvalue weighted by Gasteiger charge is -2.23. The lowest BCUT2D eigenvalue weighted by Crippen LogP contribution is -2.33. The van der Waals surface area contributed by atoms with Crippen LogP contribution in [0.4, 0.5) is 0 Å². The predicted molar refractivity (Wildman–Crippen MR) is 98.0 cm³/mol. The molecule has 25 heavy (non-hydrogen) atoms. The van der Waals surface area contributed by atoms with Gasteiger partial charge >= 0.3 is 5.97 Å². The number of benzene rings is 2. The van der Waals surface area contributed by atoms with E-state index < -0.39 is 16.0 Å². The number of sulfonamides is 1. The first kappa shape index (κ1) is 18.1. The summed E-state index contributed by atoms with van der Waals surface area (Å²) >= 11 is 3.28. The van der Waals surface area contributed by atoms with Gasteiger partial charge in [-0.25, -0.2) is 13.2 Å². The van der Waals surface area contributed by atoms with Gasteiger partial charge in [-0.15, -0.1) is 0 Å². The molecule has 1 N–H and O–H groups in total. The molecule has 0 unspecified atom stereocenters. The molecule has 0 bridgehead atoms. The number of hydrogen-bond donors (Lipinski definition) is 1. The molecule has 2 aromatic rings. The van der Waals surface area contributed by atoms with Crippen LogP contribution in [-0.4, -0.2) is 29.8 Å². The summed E-state index contributed by atoms with van der Waals surface area (Å²) in [6, 6.07) is 12.1. The zero-order valence-corrected chi connectivity index (χ0v) is 16.0. The fraction of sp³-hybridized carbons (Fsp3) is 0.278. The molecule has 132 valence electrons. The van der Waals surface area contributed by atoms with Crippen LogP contribution in [-0.2, 0) is 16.6 Å². The SMILES string of the molecule is Cc1c(Br)cc(S(=O)(=O)N(Cc2ccccc2)C2CC2)cc1C(=O)O. The minimum Gasteiger partial charge on any atom is -0.478 e. The van der Waals surface area contributed by atoms with Crippen molar-refractivity contribution < 1.29 is 18.3 Å². The Kier molecular flexibility index (Phi) is 4.99.